The number of hydrogen-bond donors (Lipinski definition) is 2. The minimum atomic E-state index is -0.215. The molecule has 1 aromatic carbocycles. The Balaban J connectivity index is 1.69. The molecule has 0 saturated carbocycles. The molecule has 0 bridgehead atoms. The number of hydrogen-bond acceptors (Lipinski definition) is 4. The number of amides is 1. The zero-order valence-electron chi connectivity index (χ0n) is 14.7. The lowest BCUT2D eigenvalue weighted by atomic mass is 10.1. The van der Waals surface area contributed by atoms with E-state index in [1.165, 1.54) is 0 Å². The Bertz CT molecular complexity index is 963. The molecule has 0 unspecified atom stereocenters. The van der Waals surface area contributed by atoms with Crippen molar-refractivity contribution in [1.82, 2.24) is 15.0 Å². The number of H-pyrrole nitrogens is 1. The van der Waals surface area contributed by atoms with Crippen LogP contribution in [0.25, 0.3) is 11.4 Å². The van der Waals surface area contributed by atoms with Crippen LogP contribution in [0, 0.1) is 13.8 Å². The highest BCUT2D eigenvalue weighted by Crippen LogP contribution is 2.14. The number of benzene rings is 1. The van der Waals surface area contributed by atoms with Gasteiger partial charge in [-0.3, -0.25) is 14.6 Å². The standard InChI is InChI=1S/C20H20N4O2/c1-13-3-5-16(6-4-13)23-18(25)8-7-17-14(2)22-19(24-20(17)26)15-9-11-21-12-10-15/h3-6,9-12H,7-8H2,1-2H3,(H,23,25)(H,22,24,26). The van der Waals surface area contributed by atoms with Gasteiger partial charge in [0.15, 0.2) is 0 Å². The summed E-state index contributed by atoms with van der Waals surface area (Å²) in [6.45, 7) is 3.77. The van der Waals surface area contributed by atoms with Crippen molar-refractivity contribution >= 4 is 11.6 Å². The van der Waals surface area contributed by atoms with Crippen LogP contribution in [0.5, 0.6) is 0 Å². The topological polar surface area (TPSA) is 87.7 Å². The van der Waals surface area contributed by atoms with Gasteiger partial charge in [-0.2, -0.15) is 0 Å². The van der Waals surface area contributed by atoms with Gasteiger partial charge in [-0.15, -0.1) is 0 Å². The van der Waals surface area contributed by atoms with Gasteiger partial charge in [0.2, 0.25) is 5.91 Å². The third kappa shape index (κ3) is 4.22. The first kappa shape index (κ1) is 17.5. The van der Waals surface area contributed by atoms with Gasteiger partial charge in [-0.25, -0.2) is 4.98 Å². The number of carbonyl (C=O) groups is 1. The fourth-order valence-corrected chi connectivity index (χ4v) is 2.65. The number of pyridine rings is 1. The van der Waals surface area contributed by atoms with E-state index < -0.39 is 0 Å². The second kappa shape index (κ2) is 7.74. The number of anilines is 1. The zero-order chi connectivity index (χ0) is 18.5. The Kier molecular flexibility index (Phi) is 5.22. The Morgan fingerprint density at radius 1 is 1.08 bits per heavy atom. The highest BCUT2D eigenvalue weighted by atomic mass is 16.1. The van der Waals surface area contributed by atoms with E-state index in [0.29, 0.717) is 23.5 Å². The summed E-state index contributed by atoms with van der Waals surface area (Å²) in [5, 5.41) is 2.84. The van der Waals surface area contributed by atoms with E-state index in [1.807, 2.05) is 31.2 Å². The van der Waals surface area contributed by atoms with Crippen LogP contribution in [-0.2, 0) is 11.2 Å². The fraction of sp³-hybridized carbons (Fsp3) is 0.200. The Morgan fingerprint density at radius 3 is 2.42 bits per heavy atom. The summed E-state index contributed by atoms with van der Waals surface area (Å²) in [5.74, 6) is 0.369. The molecule has 2 heterocycles. The van der Waals surface area contributed by atoms with Crippen LogP contribution in [0.15, 0.2) is 53.6 Å². The summed E-state index contributed by atoms with van der Waals surface area (Å²) < 4.78 is 0. The van der Waals surface area contributed by atoms with Gasteiger partial charge < -0.3 is 10.3 Å². The minimum absolute atomic E-state index is 0.133. The Labute approximate surface area is 151 Å². The molecule has 2 N–H and O–H groups in total. The molecule has 0 spiro atoms. The minimum Gasteiger partial charge on any atom is -0.326 e. The van der Waals surface area contributed by atoms with Gasteiger partial charge in [-0.1, -0.05) is 17.7 Å². The lowest BCUT2D eigenvalue weighted by Crippen LogP contribution is -2.20. The second-order valence-corrected chi connectivity index (χ2v) is 6.13. The molecule has 0 atom stereocenters. The summed E-state index contributed by atoms with van der Waals surface area (Å²) in [6.07, 6.45) is 3.85. The molecule has 0 aliphatic carbocycles. The number of carbonyl (C=O) groups excluding carboxylic acids is 1. The molecule has 2 aromatic heterocycles. The second-order valence-electron chi connectivity index (χ2n) is 6.13. The fourth-order valence-electron chi connectivity index (χ4n) is 2.65. The summed E-state index contributed by atoms with van der Waals surface area (Å²) >= 11 is 0. The molecular weight excluding hydrogens is 328 g/mol. The summed E-state index contributed by atoms with van der Waals surface area (Å²) in [5.41, 5.74) is 3.62. The third-order valence-electron chi connectivity index (χ3n) is 4.11. The van der Waals surface area contributed by atoms with Crippen molar-refractivity contribution in [2.24, 2.45) is 0 Å². The first-order valence-corrected chi connectivity index (χ1v) is 8.39. The summed E-state index contributed by atoms with van der Waals surface area (Å²) in [6, 6.07) is 11.2. The quantitative estimate of drug-likeness (QED) is 0.742. The Hall–Kier alpha value is -3.28. The maximum atomic E-state index is 12.4. The zero-order valence-corrected chi connectivity index (χ0v) is 14.7. The van der Waals surface area contributed by atoms with E-state index in [4.69, 9.17) is 0 Å². The predicted molar refractivity (Wildman–Crippen MR) is 101 cm³/mol. The molecule has 6 nitrogen and oxygen atoms in total. The molecule has 0 aliphatic heterocycles. The maximum Gasteiger partial charge on any atom is 0.254 e. The molecule has 0 fully saturated rings. The van der Waals surface area contributed by atoms with E-state index in [1.54, 1.807) is 31.5 Å². The average Bonchev–Trinajstić information content (AvgIpc) is 2.63. The SMILES string of the molecule is Cc1ccc(NC(=O)CCc2c(C)nc(-c3ccncc3)[nH]c2=O)cc1. The largest absolute Gasteiger partial charge is 0.326 e. The number of nitrogens with one attached hydrogen (secondary N) is 2. The summed E-state index contributed by atoms with van der Waals surface area (Å²) in [7, 11) is 0. The van der Waals surface area contributed by atoms with Crippen LogP contribution in [0.4, 0.5) is 5.69 Å². The molecule has 0 saturated heterocycles. The molecule has 3 rings (SSSR count). The molecule has 1 amide bonds. The van der Waals surface area contributed by atoms with Crippen molar-refractivity contribution < 1.29 is 4.79 Å². The van der Waals surface area contributed by atoms with Crippen LogP contribution in [0.2, 0.25) is 0 Å². The van der Waals surface area contributed by atoms with Crippen LogP contribution in [-0.4, -0.2) is 20.9 Å². The van der Waals surface area contributed by atoms with Gasteiger partial charge >= 0.3 is 0 Å². The van der Waals surface area contributed by atoms with E-state index >= 15 is 0 Å². The van der Waals surface area contributed by atoms with Crippen molar-refractivity contribution in [1.29, 1.82) is 0 Å². The molecule has 3 aromatic rings. The summed E-state index contributed by atoms with van der Waals surface area (Å²) in [4.78, 5) is 35.7. The molecule has 26 heavy (non-hydrogen) atoms. The van der Waals surface area contributed by atoms with Gasteiger partial charge in [-0.05, 0) is 44.5 Å². The Morgan fingerprint density at radius 2 is 1.77 bits per heavy atom. The lowest BCUT2D eigenvalue weighted by Gasteiger charge is -2.08. The number of rotatable bonds is 5. The van der Waals surface area contributed by atoms with Crippen molar-refractivity contribution in [3.05, 3.63) is 76.0 Å². The van der Waals surface area contributed by atoms with Crippen LogP contribution in [0.1, 0.15) is 23.2 Å². The lowest BCUT2D eigenvalue weighted by molar-refractivity contribution is -0.116. The molecule has 0 radical (unpaired) electrons. The number of aryl methyl sites for hydroxylation is 2. The number of aromatic amines is 1. The highest BCUT2D eigenvalue weighted by Gasteiger charge is 2.12. The van der Waals surface area contributed by atoms with Gasteiger partial charge in [0.05, 0.1) is 0 Å². The molecule has 132 valence electrons. The third-order valence-corrected chi connectivity index (χ3v) is 4.11. The van der Waals surface area contributed by atoms with Crippen LogP contribution < -0.4 is 10.9 Å². The average molecular weight is 348 g/mol. The van der Waals surface area contributed by atoms with Gasteiger partial charge in [0.1, 0.15) is 5.82 Å². The van der Waals surface area contributed by atoms with Crippen LogP contribution in [0.3, 0.4) is 0 Å². The molecule has 0 aliphatic rings. The number of aromatic nitrogens is 3. The van der Waals surface area contributed by atoms with E-state index in [-0.39, 0.29) is 17.9 Å². The monoisotopic (exact) mass is 348 g/mol. The van der Waals surface area contributed by atoms with Crippen molar-refractivity contribution in [2.45, 2.75) is 26.7 Å². The highest BCUT2D eigenvalue weighted by molar-refractivity contribution is 5.90. The molecular formula is C20H20N4O2. The van der Waals surface area contributed by atoms with E-state index in [0.717, 1.165) is 16.8 Å². The van der Waals surface area contributed by atoms with E-state index in [2.05, 4.69) is 20.3 Å². The van der Waals surface area contributed by atoms with Gasteiger partial charge in [0.25, 0.3) is 5.56 Å². The normalized spacial score (nSPS) is 10.5. The van der Waals surface area contributed by atoms with Crippen LogP contribution >= 0.6 is 0 Å². The predicted octanol–water partition coefficient (Wildman–Crippen LogP) is 3.02. The van der Waals surface area contributed by atoms with Gasteiger partial charge in [0, 0.05) is 41.3 Å². The first-order chi connectivity index (χ1) is 12.5. The first-order valence-electron chi connectivity index (χ1n) is 8.39. The van der Waals surface area contributed by atoms with Crippen molar-refractivity contribution in [2.75, 3.05) is 5.32 Å². The smallest absolute Gasteiger partial charge is 0.254 e. The number of nitrogens with zero attached hydrogens (tertiary/aromatic N) is 2. The van der Waals surface area contributed by atoms with E-state index in [9.17, 15) is 9.59 Å². The maximum absolute atomic E-state index is 12.4. The van der Waals surface area contributed by atoms with Crippen molar-refractivity contribution in [3.8, 4) is 11.4 Å². The molecule has 6 heteroatoms. The van der Waals surface area contributed by atoms with Crippen molar-refractivity contribution in [3.63, 3.8) is 0 Å².